The van der Waals surface area contributed by atoms with Crippen LogP contribution in [-0.4, -0.2) is 30.2 Å². The lowest BCUT2D eigenvalue weighted by Gasteiger charge is -2.19. The topological polar surface area (TPSA) is 55.8 Å². The van der Waals surface area contributed by atoms with Crippen LogP contribution >= 0.6 is 7.82 Å². The van der Waals surface area contributed by atoms with Crippen molar-refractivity contribution in [2.45, 2.75) is 25.4 Å². The molecule has 0 amide bonds. The number of rotatable bonds is 6. The van der Waals surface area contributed by atoms with Crippen molar-refractivity contribution in [3.8, 4) is 0 Å². The first-order chi connectivity index (χ1) is 7.02. The van der Waals surface area contributed by atoms with E-state index in [2.05, 4.69) is 9.05 Å². The lowest BCUT2D eigenvalue weighted by molar-refractivity contribution is -0.285. The summed E-state index contributed by atoms with van der Waals surface area (Å²) in [6.07, 6.45) is -7.45. The molecule has 0 aliphatic rings. The zero-order chi connectivity index (χ0) is 13.0. The summed E-state index contributed by atoms with van der Waals surface area (Å²) in [5.41, 5.74) is 0. The van der Waals surface area contributed by atoms with E-state index in [4.69, 9.17) is 4.89 Å². The highest BCUT2D eigenvalue weighted by Crippen LogP contribution is 2.45. The van der Waals surface area contributed by atoms with Crippen LogP contribution in [-0.2, 0) is 13.6 Å². The third-order valence-corrected chi connectivity index (χ3v) is 2.47. The molecule has 0 aliphatic carbocycles. The van der Waals surface area contributed by atoms with Crippen molar-refractivity contribution in [3.05, 3.63) is 0 Å². The fourth-order valence-electron chi connectivity index (χ4n) is 0.631. The van der Waals surface area contributed by atoms with Gasteiger partial charge in [-0.05, 0) is 6.92 Å². The second-order valence-corrected chi connectivity index (χ2v) is 4.13. The van der Waals surface area contributed by atoms with Crippen molar-refractivity contribution < 1.29 is 40.5 Å². The Balaban J connectivity index is 4.13. The molecule has 98 valence electrons. The predicted octanol–water partition coefficient (Wildman–Crippen LogP) is 2.73. The van der Waals surface area contributed by atoms with Gasteiger partial charge in [-0.3, -0.25) is 9.05 Å². The molecule has 10 heteroatoms. The first kappa shape index (κ1) is 15.8. The Labute approximate surface area is 88.0 Å². The molecule has 4 nitrogen and oxygen atoms in total. The minimum atomic E-state index is -5.71. The van der Waals surface area contributed by atoms with Gasteiger partial charge in [-0.1, -0.05) is 0 Å². The molecule has 16 heavy (non-hydrogen) atoms. The molecule has 0 bridgehead atoms. The van der Waals surface area contributed by atoms with Gasteiger partial charge in [0.05, 0.1) is 13.2 Å². The lowest BCUT2D eigenvalue weighted by Crippen LogP contribution is -2.37. The van der Waals surface area contributed by atoms with Crippen LogP contribution in [0.15, 0.2) is 0 Å². The summed E-state index contributed by atoms with van der Waals surface area (Å²) in [6, 6.07) is 0. The SMILES string of the molecule is CCOP(=O)(O)OCCC(F)(F)C(F)(F)F. The fourth-order valence-corrected chi connectivity index (χ4v) is 1.35. The summed E-state index contributed by atoms with van der Waals surface area (Å²) in [6.45, 7) is -0.139. The summed E-state index contributed by atoms with van der Waals surface area (Å²) >= 11 is 0. The van der Waals surface area contributed by atoms with E-state index in [-0.39, 0.29) is 6.61 Å². The molecule has 0 fully saturated rings. The molecule has 1 N–H and O–H groups in total. The van der Waals surface area contributed by atoms with E-state index >= 15 is 0 Å². The summed E-state index contributed by atoms with van der Waals surface area (Å²) in [5, 5.41) is 0. The Morgan fingerprint density at radius 1 is 1.19 bits per heavy atom. The number of phosphoric ester groups is 1. The summed E-state index contributed by atoms with van der Waals surface area (Å²) in [5.74, 6) is -4.96. The maximum atomic E-state index is 12.3. The summed E-state index contributed by atoms with van der Waals surface area (Å²) < 4.78 is 78.2. The second kappa shape index (κ2) is 5.39. The number of hydrogen-bond acceptors (Lipinski definition) is 3. The van der Waals surface area contributed by atoms with Gasteiger partial charge in [-0.2, -0.15) is 22.0 Å². The van der Waals surface area contributed by atoms with E-state index in [1.54, 1.807) is 0 Å². The quantitative estimate of drug-likeness (QED) is 0.596. The first-order valence-corrected chi connectivity index (χ1v) is 5.58. The van der Waals surface area contributed by atoms with Gasteiger partial charge in [0.1, 0.15) is 0 Å². The molecule has 0 aromatic heterocycles. The minimum Gasteiger partial charge on any atom is -0.302 e. The maximum Gasteiger partial charge on any atom is 0.472 e. The van der Waals surface area contributed by atoms with E-state index in [0.717, 1.165) is 0 Å². The predicted molar refractivity (Wildman–Crippen MR) is 43.0 cm³/mol. The Bertz CT molecular complexity index is 266. The number of alkyl halides is 5. The lowest BCUT2D eigenvalue weighted by atomic mass is 10.2. The van der Waals surface area contributed by atoms with Gasteiger partial charge in [-0.15, -0.1) is 0 Å². The highest BCUT2D eigenvalue weighted by molar-refractivity contribution is 7.47. The van der Waals surface area contributed by atoms with Gasteiger partial charge < -0.3 is 4.89 Å². The zero-order valence-electron chi connectivity index (χ0n) is 8.13. The van der Waals surface area contributed by atoms with Gasteiger partial charge in [-0.25, -0.2) is 4.57 Å². The number of hydrogen-bond donors (Lipinski definition) is 1. The minimum absolute atomic E-state index is 0.233. The van der Waals surface area contributed by atoms with Gasteiger partial charge in [0.25, 0.3) is 0 Å². The van der Waals surface area contributed by atoms with Crippen LogP contribution < -0.4 is 0 Å². The van der Waals surface area contributed by atoms with Crippen molar-refractivity contribution >= 4 is 7.82 Å². The van der Waals surface area contributed by atoms with E-state index in [1.807, 2.05) is 0 Å². The van der Waals surface area contributed by atoms with E-state index in [0.29, 0.717) is 0 Å². The zero-order valence-corrected chi connectivity index (χ0v) is 9.02. The van der Waals surface area contributed by atoms with Crippen LogP contribution in [0.5, 0.6) is 0 Å². The average molecular weight is 272 g/mol. The highest BCUT2D eigenvalue weighted by Gasteiger charge is 2.56. The molecule has 1 atom stereocenters. The molecular formula is C6H10F5O4P. The monoisotopic (exact) mass is 272 g/mol. The van der Waals surface area contributed by atoms with Crippen LogP contribution in [0, 0.1) is 0 Å². The van der Waals surface area contributed by atoms with Gasteiger partial charge in [0, 0.05) is 6.42 Å². The Kier molecular flexibility index (Phi) is 5.31. The summed E-state index contributed by atoms with van der Waals surface area (Å²) in [7, 11) is -4.53. The standard InChI is InChI=1S/C6H10F5O4P/c1-2-14-16(12,13)15-4-3-5(7,8)6(9,10)11/h2-4H2,1H3,(H,12,13). The second-order valence-electron chi connectivity index (χ2n) is 2.67. The van der Waals surface area contributed by atoms with Gasteiger partial charge >= 0.3 is 19.9 Å². The number of phosphoric acid groups is 1. The molecule has 0 saturated carbocycles. The van der Waals surface area contributed by atoms with Crippen molar-refractivity contribution in [1.82, 2.24) is 0 Å². The molecular weight excluding hydrogens is 262 g/mol. The van der Waals surface area contributed by atoms with Crippen LogP contribution in [0.3, 0.4) is 0 Å². The van der Waals surface area contributed by atoms with E-state index in [1.165, 1.54) is 6.92 Å². The molecule has 0 aromatic rings. The first-order valence-electron chi connectivity index (χ1n) is 4.08. The molecule has 0 spiro atoms. The third kappa shape index (κ3) is 5.20. The molecule has 0 aliphatic heterocycles. The normalized spacial score (nSPS) is 17.2. The highest BCUT2D eigenvalue weighted by atomic mass is 31.2. The molecule has 0 saturated heterocycles. The van der Waals surface area contributed by atoms with Crippen molar-refractivity contribution in [3.63, 3.8) is 0 Å². The smallest absolute Gasteiger partial charge is 0.302 e. The van der Waals surface area contributed by atoms with E-state index < -0.39 is 32.9 Å². The maximum absolute atomic E-state index is 12.3. The molecule has 1 unspecified atom stereocenters. The van der Waals surface area contributed by atoms with Crippen molar-refractivity contribution in [2.75, 3.05) is 13.2 Å². The van der Waals surface area contributed by atoms with Crippen LogP contribution in [0.2, 0.25) is 0 Å². The Hall–Kier alpha value is -0.240. The van der Waals surface area contributed by atoms with Crippen LogP contribution in [0.1, 0.15) is 13.3 Å². The van der Waals surface area contributed by atoms with Crippen molar-refractivity contribution in [2.24, 2.45) is 0 Å². The largest absolute Gasteiger partial charge is 0.472 e. The molecule has 0 radical (unpaired) electrons. The Morgan fingerprint density at radius 3 is 2.06 bits per heavy atom. The van der Waals surface area contributed by atoms with Crippen molar-refractivity contribution in [1.29, 1.82) is 0 Å². The third-order valence-electron chi connectivity index (χ3n) is 1.38. The van der Waals surface area contributed by atoms with Gasteiger partial charge in [0.2, 0.25) is 0 Å². The fraction of sp³-hybridized carbons (Fsp3) is 1.00. The Morgan fingerprint density at radius 2 is 1.69 bits per heavy atom. The summed E-state index contributed by atoms with van der Waals surface area (Å²) in [4.78, 5) is 8.70. The van der Waals surface area contributed by atoms with E-state index in [9.17, 15) is 26.5 Å². The molecule has 0 aromatic carbocycles. The average Bonchev–Trinajstić information content (AvgIpc) is 2.00. The molecule has 0 rings (SSSR count). The van der Waals surface area contributed by atoms with Crippen LogP contribution in [0.4, 0.5) is 22.0 Å². The molecule has 0 heterocycles. The van der Waals surface area contributed by atoms with Gasteiger partial charge in [0.15, 0.2) is 0 Å². The van der Waals surface area contributed by atoms with Crippen LogP contribution in [0.25, 0.3) is 0 Å². The number of halogens is 5.